The molecule has 0 spiro atoms. The van der Waals surface area contributed by atoms with Gasteiger partial charge in [-0.05, 0) is 19.9 Å². The third-order valence-electron chi connectivity index (χ3n) is 2.77. The van der Waals surface area contributed by atoms with Crippen molar-refractivity contribution in [1.82, 2.24) is 4.90 Å². The fourth-order valence-corrected chi connectivity index (χ4v) is 1.91. The average Bonchev–Trinajstić information content (AvgIpc) is 2.54. The Labute approximate surface area is 74.5 Å². The second-order valence-corrected chi connectivity index (χ2v) is 3.52. The van der Waals surface area contributed by atoms with Gasteiger partial charge in [0.05, 0.1) is 6.07 Å². The van der Waals surface area contributed by atoms with Crippen LogP contribution >= 0.6 is 0 Å². The smallest absolute Gasteiger partial charge is 0.109 e. The molecular weight excluding hydrogens is 148 g/mol. The van der Waals surface area contributed by atoms with Crippen molar-refractivity contribution in [1.29, 1.82) is 5.26 Å². The minimum Gasteiger partial charge on any atom is -0.285 e. The van der Waals surface area contributed by atoms with Crippen LogP contribution in [-0.2, 0) is 0 Å². The van der Waals surface area contributed by atoms with Crippen LogP contribution in [0.25, 0.3) is 0 Å². The number of nitriles is 1. The van der Waals surface area contributed by atoms with Gasteiger partial charge in [-0.3, -0.25) is 4.90 Å². The Balaban J connectivity index is 2.66. The zero-order valence-corrected chi connectivity index (χ0v) is 7.71. The van der Waals surface area contributed by atoms with E-state index < -0.39 is 0 Å². The molecule has 1 aliphatic rings. The number of hydrogen-bond acceptors (Lipinski definition) is 2. The van der Waals surface area contributed by atoms with Crippen LogP contribution in [0.15, 0.2) is 12.7 Å². The minimum absolute atomic E-state index is 0.186. The van der Waals surface area contributed by atoms with E-state index in [-0.39, 0.29) is 5.54 Å². The van der Waals surface area contributed by atoms with Gasteiger partial charge in [0.15, 0.2) is 0 Å². The van der Waals surface area contributed by atoms with Crippen LogP contribution < -0.4 is 0 Å². The maximum Gasteiger partial charge on any atom is 0.109 e. The number of nitrogens with zero attached hydrogens (tertiary/aromatic N) is 2. The number of hydrogen-bond donors (Lipinski definition) is 0. The summed E-state index contributed by atoms with van der Waals surface area (Å²) in [5.41, 5.74) is -0.186. The van der Waals surface area contributed by atoms with E-state index in [2.05, 4.69) is 17.5 Å². The molecule has 1 saturated carbocycles. The molecule has 0 aromatic carbocycles. The van der Waals surface area contributed by atoms with E-state index in [0.717, 1.165) is 19.4 Å². The standard InChI is InChI=1S/C10H16N2/c1-3-8-12(2)10(9-11)6-4-5-7-10/h3H,1,4-8H2,2H3. The van der Waals surface area contributed by atoms with E-state index in [1.54, 1.807) is 0 Å². The first kappa shape index (κ1) is 9.28. The maximum absolute atomic E-state index is 9.09. The largest absolute Gasteiger partial charge is 0.285 e. The summed E-state index contributed by atoms with van der Waals surface area (Å²) in [5.74, 6) is 0. The molecule has 0 aromatic rings. The molecule has 0 heterocycles. The number of rotatable bonds is 3. The van der Waals surface area contributed by atoms with Crippen LogP contribution in [0.2, 0.25) is 0 Å². The van der Waals surface area contributed by atoms with Crippen LogP contribution in [0.3, 0.4) is 0 Å². The lowest BCUT2D eigenvalue weighted by atomic mass is 9.98. The molecule has 0 atom stereocenters. The molecule has 1 aliphatic carbocycles. The highest BCUT2D eigenvalue weighted by Gasteiger charge is 2.37. The predicted molar refractivity (Wildman–Crippen MR) is 49.6 cm³/mol. The second kappa shape index (κ2) is 3.73. The summed E-state index contributed by atoms with van der Waals surface area (Å²) in [6.45, 7) is 4.50. The molecule has 0 unspecified atom stereocenters. The van der Waals surface area contributed by atoms with E-state index >= 15 is 0 Å². The third-order valence-corrected chi connectivity index (χ3v) is 2.77. The van der Waals surface area contributed by atoms with Gasteiger partial charge in [-0.1, -0.05) is 18.9 Å². The van der Waals surface area contributed by atoms with Crippen LogP contribution in [0, 0.1) is 11.3 Å². The highest BCUT2D eigenvalue weighted by Crippen LogP contribution is 2.33. The molecule has 1 fully saturated rings. The monoisotopic (exact) mass is 164 g/mol. The molecule has 2 nitrogen and oxygen atoms in total. The second-order valence-electron chi connectivity index (χ2n) is 3.52. The first-order chi connectivity index (χ1) is 5.75. The molecule has 0 aromatic heterocycles. The van der Waals surface area contributed by atoms with Crippen LogP contribution in [-0.4, -0.2) is 24.0 Å². The van der Waals surface area contributed by atoms with Gasteiger partial charge in [-0.2, -0.15) is 5.26 Å². The molecule has 2 heteroatoms. The topological polar surface area (TPSA) is 27.0 Å². The first-order valence-electron chi connectivity index (χ1n) is 4.48. The summed E-state index contributed by atoms with van der Waals surface area (Å²) in [6, 6.07) is 2.44. The molecule has 0 bridgehead atoms. The van der Waals surface area contributed by atoms with Crippen molar-refractivity contribution >= 4 is 0 Å². The Morgan fingerprint density at radius 2 is 2.17 bits per heavy atom. The lowest BCUT2D eigenvalue weighted by Crippen LogP contribution is -2.42. The van der Waals surface area contributed by atoms with E-state index in [0.29, 0.717) is 0 Å². The van der Waals surface area contributed by atoms with E-state index in [9.17, 15) is 0 Å². The van der Waals surface area contributed by atoms with Crippen molar-refractivity contribution in [3.63, 3.8) is 0 Å². The van der Waals surface area contributed by atoms with Gasteiger partial charge in [-0.15, -0.1) is 6.58 Å². The molecular formula is C10H16N2. The van der Waals surface area contributed by atoms with Crippen LogP contribution in [0.4, 0.5) is 0 Å². The Hall–Kier alpha value is -0.810. The molecule has 0 amide bonds. The first-order valence-corrected chi connectivity index (χ1v) is 4.48. The van der Waals surface area contributed by atoms with E-state index in [1.807, 2.05) is 13.1 Å². The van der Waals surface area contributed by atoms with Gasteiger partial charge in [0.25, 0.3) is 0 Å². The van der Waals surface area contributed by atoms with Gasteiger partial charge in [0.1, 0.15) is 5.54 Å². The van der Waals surface area contributed by atoms with Gasteiger partial charge in [-0.25, -0.2) is 0 Å². The van der Waals surface area contributed by atoms with E-state index in [4.69, 9.17) is 5.26 Å². The molecule has 66 valence electrons. The molecule has 0 N–H and O–H groups in total. The van der Waals surface area contributed by atoms with Crippen molar-refractivity contribution in [2.75, 3.05) is 13.6 Å². The van der Waals surface area contributed by atoms with Crippen molar-refractivity contribution in [2.45, 2.75) is 31.2 Å². The van der Waals surface area contributed by atoms with Gasteiger partial charge in [0, 0.05) is 6.54 Å². The maximum atomic E-state index is 9.09. The molecule has 0 radical (unpaired) electrons. The van der Waals surface area contributed by atoms with Gasteiger partial charge >= 0.3 is 0 Å². The summed E-state index contributed by atoms with van der Waals surface area (Å²) in [6.07, 6.45) is 6.28. The van der Waals surface area contributed by atoms with Gasteiger partial charge < -0.3 is 0 Å². The zero-order valence-electron chi connectivity index (χ0n) is 7.71. The Morgan fingerprint density at radius 3 is 2.58 bits per heavy atom. The SMILES string of the molecule is C=CCN(C)C1(C#N)CCCC1. The quantitative estimate of drug-likeness (QED) is 0.596. The summed E-state index contributed by atoms with van der Waals surface area (Å²) < 4.78 is 0. The fourth-order valence-electron chi connectivity index (χ4n) is 1.91. The molecule has 1 rings (SSSR count). The summed E-state index contributed by atoms with van der Waals surface area (Å²) in [4.78, 5) is 2.12. The highest BCUT2D eigenvalue weighted by molar-refractivity contribution is 5.11. The molecule has 0 aliphatic heterocycles. The van der Waals surface area contributed by atoms with Gasteiger partial charge in [0.2, 0.25) is 0 Å². The Morgan fingerprint density at radius 1 is 1.58 bits per heavy atom. The molecule has 12 heavy (non-hydrogen) atoms. The average molecular weight is 164 g/mol. The summed E-state index contributed by atoms with van der Waals surface area (Å²) in [5, 5.41) is 9.09. The zero-order chi connectivity index (χ0) is 9.03. The van der Waals surface area contributed by atoms with Crippen LogP contribution in [0.5, 0.6) is 0 Å². The van der Waals surface area contributed by atoms with Crippen LogP contribution in [0.1, 0.15) is 25.7 Å². The summed E-state index contributed by atoms with van der Waals surface area (Å²) >= 11 is 0. The third kappa shape index (κ3) is 1.51. The van der Waals surface area contributed by atoms with Crippen molar-refractivity contribution in [3.05, 3.63) is 12.7 Å². The fraction of sp³-hybridized carbons (Fsp3) is 0.700. The van der Waals surface area contributed by atoms with Crippen molar-refractivity contribution < 1.29 is 0 Å². The highest BCUT2D eigenvalue weighted by atomic mass is 15.2. The molecule has 0 saturated heterocycles. The predicted octanol–water partition coefficient (Wildman–Crippen LogP) is 1.94. The van der Waals surface area contributed by atoms with Crippen molar-refractivity contribution in [3.8, 4) is 6.07 Å². The minimum atomic E-state index is -0.186. The Bertz CT molecular complexity index is 196. The lowest BCUT2D eigenvalue weighted by molar-refractivity contribution is 0.199. The van der Waals surface area contributed by atoms with E-state index in [1.165, 1.54) is 12.8 Å². The summed E-state index contributed by atoms with van der Waals surface area (Å²) in [7, 11) is 2.01. The number of likely N-dealkylation sites (N-methyl/N-ethyl adjacent to an activating group) is 1. The normalized spacial score (nSPS) is 20.8. The van der Waals surface area contributed by atoms with Crippen molar-refractivity contribution in [2.24, 2.45) is 0 Å². The lowest BCUT2D eigenvalue weighted by Gasteiger charge is -2.31. The Kier molecular flexibility index (Phi) is 2.88.